The maximum Gasteiger partial charge on any atom is 0.301 e. The van der Waals surface area contributed by atoms with Crippen LogP contribution < -0.4 is 9.62 Å². The van der Waals surface area contributed by atoms with Crippen molar-refractivity contribution in [1.29, 1.82) is 0 Å². The Balaban J connectivity index is 1.62. The van der Waals surface area contributed by atoms with Gasteiger partial charge >= 0.3 is 10.2 Å². The molecule has 1 spiro atoms. The second-order valence-electron chi connectivity index (χ2n) is 5.89. The highest BCUT2D eigenvalue weighted by Crippen LogP contribution is 2.32. The number of hydrogen-bond acceptors (Lipinski definition) is 6. The smallest absolute Gasteiger partial charge is 0.301 e. The van der Waals surface area contributed by atoms with Crippen LogP contribution in [0.5, 0.6) is 0 Å². The molecule has 2 aliphatic heterocycles. The van der Waals surface area contributed by atoms with E-state index < -0.39 is 16.0 Å². The molecule has 2 aliphatic rings. The van der Waals surface area contributed by atoms with Crippen LogP contribution in [-0.4, -0.2) is 63.9 Å². The zero-order valence-corrected chi connectivity index (χ0v) is 14.2. The quantitative estimate of drug-likeness (QED) is 0.865. The minimum atomic E-state index is -3.51. The molecule has 1 N–H and O–H groups in total. The number of nitrogens with zero attached hydrogens (tertiary/aromatic N) is 3. The van der Waals surface area contributed by atoms with Crippen molar-refractivity contribution < 1.29 is 17.9 Å². The third-order valence-corrected chi connectivity index (χ3v) is 5.59. The van der Waals surface area contributed by atoms with E-state index in [0.717, 1.165) is 36.1 Å². The van der Waals surface area contributed by atoms with Crippen LogP contribution >= 0.6 is 0 Å². The summed E-state index contributed by atoms with van der Waals surface area (Å²) in [5, 5.41) is 0. The highest BCUT2D eigenvalue weighted by Gasteiger charge is 2.39. The van der Waals surface area contributed by atoms with E-state index >= 15 is 0 Å². The summed E-state index contributed by atoms with van der Waals surface area (Å²) in [6, 6.07) is 3.54. The van der Waals surface area contributed by atoms with Gasteiger partial charge in [-0.1, -0.05) is 0 Å². The zero-order chi connectivity index (χ0) is 16.5. The number of aromatic nitrogens is 1. The average molecular weight is 342 g/mol. The molecule has 2 saturated heterocycles. The highest BCUT2D eigenvalue weighted by molar-refractivity contribution is 7.90. The largest absolute Gasteiger partial charge is 0.356 e. The first kappa shape index (κ1) is 16.4. The van der Waals surface area contributed by atoms with Crippen LogP contribution in [0.2, 0.25) is 0 Å². The third-order valence-electron chi connectivity index (χ3n) is 4.14. The predicted molar refractivity (Wildman–Crippen MR) is 86.5 cm³/mol. The van der Waals surface area contributed by atoms with Crippen molar-refractivity contribution in [3.63, 3.8) is 0 Å². The monoisotopic (exact) mass is 342 g/mol. The van der Waals surface area contributed by atoms with Gasteiger partial charge in [-0.2, -0.15) is 12.7 Å². The molecule has 0 amide bonds. The normalized spacial score (nSPS) is 21.1. The fourth-order valence-electron chi connectivity index (χ4n) is 2.74. The molecule has 0 bridgehead atoms. The third kappa shape index (κ3) is 3.57. The Morgan fingerprint density at radius 1 is 1.22 bits per heavy atom. The first-order chi connectivity index (χ1) is 10.9. The lowest BCUT2D eigenvalue weighted by molar-refractivity contribution is -0.169. The summed E-state index contributed by atoms with van der Waals surface area (Å²) in [6.45, 7) is 2.93. The van der Waals surface area contributed by atoms with Crippen LogP contribution in [0.1, 0.15) is 12.8 Å². The van der Waals surface area contributed by atoms with Crippen molar-refractivity contribution in [2.75, 3.05) is 50.0 Å². The molecule has 1 aromatic rings. The molecular formula is C14H22N4O4S. The maximum atomic E-state index is 11.8. The number of nitrogens with one attached hydrogen (secondary N) is 1. The van der Waals surface area contributed by atoms with E-state index in [1.807, 2.05) is 6.07 Å². The molecule has 9 heteroatoms. The van der Waals surface area contributed by atoms with Gasteiger partial charge in [0.1, 0.15) is 5.82 Å². The van der Waals surface area contributed by atoms with Crippen molar-refractivity contribution in [3.8, 4) is 0 Å². The van der Waals surface area contributed by atoms with Crippen LogP contribution in [0, 0.1) is 0 Å². The van der Waals surface area contributed by atoms with E-state index in [0.29, 0.717) is 18.9 Å². The van der Waals surface area contributed by atoms with E-state index in [-0.39, 0.29) is 0 Å². The van der Waals surface area contributed by atoms with E-state index in [9.17, 15) is 8.42 Å². The fraction of sp³-hybridized carbons (Fsp3) is 0.643. The lowest BCUT2D eigenvalue weighted by atomic mass is 10.0. The van der Waals surface area contributed by atoms with Gasteiger partial charge in [-0.3, -0.25) is 4.72 Å². The van der Waals surface area contributed by atoms with Gasteiger partial charge in [0.25, 0.3) is 0 Å². The van der Waals surface area contributed by atoms with E-state index in [1.54, 1.807) is 6.07 Å². The Morgan fingerprint density at radius 2 is 1.87 bits per heavy atom. The summed E-state index contributed by atoms with van der Waals surface area (Å²) in [5.74, 6) is 0.420. The number of anilines is 2. The molecule has 8 nitrogen and oxygen atoms in total. The second-order valence-corrected chi connectivity index (χ2v) is 7.77. The van der Waals surface area contributed by atoms with Crippen molar-refractivity contribution in [2.24, 2.45) is 0 Å². The number of hydrogen-bond donors (Lipinski definition) is 1. The number of pyridine rings is 1. The summed E-state index contributed by atoms with van der Waals surface area (Å²) in [4.78, 5) is 6.51. The lowest BCUT2D eigenvalue weighted by Gasteiger charge is -2.38. The minimum absolute atomic E-state index is 0.405. The first-order valence-electron chi connectivity index (χ1n) is 7.59. The summed E-state index contributed by atoms with van der Waals surface area (Å²) < 4.78 is 38.6. The molecule has 0 aromatic carbocycles. The molecule has 3 heterocycles. The minimum Gasteiger partial charge on any atom is -0.356 e. The summed E-state index contributed by atoms with van der Waals surface area (Å²) in [7, 11) is -0.561. The van der Waals surface area contributed by atoms with Gasteiger partial charge in [-0.15, -0.1) is 0 Å². The number of ether oxygens (including phenoxy) is 2. The van der Waals surface area contributed by atoms with Gasteiger partial charge in [0.2, 0.25) is 0 Å². The summed E-state index contributed by atoms with van der Waals surface area (Å²) in [6.07, 6.45) is 3.15. The number of piperidine rings is 1. The van der Waals surface area contributed by atoms with Crippen LogP contribution in [-0.2, 0) is 19.7 Å². The molecule has 0 unspecified atom stereocenters. The molecule has 2 fully saturated rings. The van der Waals surface area contributed by atoms with Crippen molar-refractivity contribution in [2.45, 2.75) is 18.6 Å². The maximum absolute atomic E-state index is 11.8. The zero-order valence-electron chi connectivity index (χ0n) is 13.4. The lowest BCUT2D eigenvalue weighted by Crippen LogP contribution is -2.45. The van der Waals surface area contributed by atoms with Gasteiger partial charge in [0, 0.05) is 40.0 Å². The van der Waals surface area contributed by atoms with Gasteiger partial charge < -0.3 is 14.4 Å². The van der Waals surface area contributed by atoms with Crippen LogP contribution in [0.15, 0.2) is 18.3 Å². The fourth-order valence-corrected chi connectivity index (χ4v) is 3.34. The molecule has 0 aliphatic carbocycles. The van der Waals surface area contributed by atoms with E-state index in [2.05, 4.69) is 14.6 Å². The summed E-state index contributed by atoms with van der Waals surface area (Å²) >= 11 is 0. The topological polar surface area (TPSA) is 84.0 Å². The van der Waals surface area contributed by atoms with Crippen molar-refractivity contribution >= 4 is 21.7 Å². The van der Waals surface area contributed by atoms with Gasteiger partial charge in [0.15, 0.2) is 5.79 Å². The standard InChI is InChI=1S/C14H22N4O4S/c1-17(2)23(19,20)16-12-3-4-13(15-11-12)18-7-5-14(6-8-18)21-9-10-22-14/h3-4,11,16H,5-10H2,1-2H3. The Bertz CT molecular complexity index is 631. The van der Waals surface area contributed by atoms with Crippen LogP contribution in [0.4, 0.5) is 11.5 Å². The molecule has 23 heavy (non-hydrogen) atoms. The van der Waals surface area contributed by atoms with Crippen LogP contribution in [0.25, 0.3) is 0 Å². The van der Waals surface area contributed by atoms with E-state index in [1.165, 1.54) is 20.3 Å². The molecule has 3 rings (SSSR count). The molecule has 0 atom stereocenters. The van der Waals surface area contributed by atoms with Crippen molar-refractivity contribution in [1.82, 2.24) is 9.29 Å². The highest BCUT2D eigenvalue weighted by atomic mass is 32.2. The molecular weight excluding hydrogens is 320 g/mol. The Kier molecular flexibility index (Phi) is 4.45. The van der Waals surface area contributed by atoms with Crippen LogP contribution in [0.3, 0.4) is 0 Å². The Labute approximate surface area is 136 Å². The Morgan fingerprint density at radius 3 is 2.39 bits per heavy atom. The van der Waals surface area contributed by atoms with Gasteiger partial charge in [-0.05, 0) is 12.1 Å². The predicted octanol–water partition coefficient (Wildman–Crippen LogP) is 0.643. The SMILES string of the molecule is CN(C)S(=O)(=O)Nc1ccc(N2CCC3(CC2)OCCO3)nc1. The van der Waals surface area contributed by atoms with Gasteiger partial charge in [0.05, 0.1) is 25.1 Å². The van der Waals surface area contributed by atoms with E-state index in [4.69, 9.17) is 9.47 Å². The second kappa shape index (κ2) is 6.23. The Hall–Kier alpha value is -1.42. The molecule has 128 valence electrons. The molecule has 0 radical (unpaired) electrons. The summed E-state index contributed by atoms with van der Waals surface area (Å²) in [5.41, 5.74) is 0.443. The van der Waals surface area contributed by atoms with Gasteiger partial charge in [-0.25, -0.2) is 4.98 Å². The number of rotatable bonds is 4. The van der Waals surface area contributed by atoms with Crippen molar-refractivity contribution in [3.05, 3.63) is 18.3 Å². The molecule has 1 aromatic heterocycles. The molecule has 0 saturated carbocycles. The first-order valence-corrected chi connectivity index (χ1v) is 9.03. The average Bonchev–Trinajstić information content (AvgIpc) is 2.97.